The molecule has 0 bridgehead atoms. The van der Waals surface area contributed by atoms with Crippen LogP contribution in [0.3, 0.4) is 0 Å². The molecule has 2 aromatic rings. The fourth-order valence-electron chi connectivity index (χ4n) is 2.98. The standard InChI is InChI=1S/C16H21N5O2/c1-10(2)14-13(7-17-9-18-14)16(22)21-6-4-5-12(8-21)15-19-11(3)20-23-15/h7,9-10,12H,4-6,8H2,1-3H3. The van der Waals surface area contributed by atoms with Gasteiger partial charge < -0.3 is 9.42 Å². The maximum atomic E-state index is 12.9. The van der Waals surface area contributed by atoms with Gasteiger partial charge in [0.1, 0.15) is 6.33 Å². The lowest BCUT2D eigenvalue weighted by Gasteiger charge is -2.31. The van der Waals surface area contributed by atoms with Crippen molar-refractivity contribution >= 4 is 5.91 Å². The maximum Gasteiger partial charge on any atom is 0.257 e. The minimum absolute atomic E-state index is 0.0183. The van der Waals surface area contributed by atoms with Crippen molar-refractivity contribution in [3.05, 3.63) is 35.5 Å². The molecule has 1 unspecified atom stereocenters. The number of hydrogen-bond acceptors (Lipinski definition) is 6. The summed E-state index contributed by atoms with van der Waals surface area (Å²) in [5.41, 5.74) is 1.38. The number of piperidine rings is 1. The molecule has 2 aromatic heterocycles. The normalized spacial score (nSPS) is 18.4. The summed E-state index contributed by atoms with van der Waals surface area (Å²) < 4.78 is 5.28. The van der Waals surface area contributed by atoms with Gasteiger partial charge in [-0.15, -0.1) is 0 Å². The van der Waals surface area contributed by atoms with Crippen LogP contribution in [0.1, 0.15) is 66.3 Å². The Kier molecular flexibility index (Phi) is 4.36. The van der Waals surface area contributed by atoms with Crippen LogP contribution in [0.5, 0.6) is 0 Å². The van der Waals surface area contributed by atoms with E-state index in [0.717, 1.165) is 25.1 Å². The quantitative estimate of drug-likeness (QED) is 0.864. The third kappa shape index (κ3) is 3.23. The first kappa shape index (κ1) is 15.6. The molecule has 0 saturated carbocycles. The van der Waals surface area contributed by atoms with Crippen molar-refractivity contribution in [3.63, 3.8) is 0 Å². The first-order chi connectivity index (χ1) is 11.1. The topological polar surface area (TPSA) is 85.0 Å². The van der Waals surface area contributed by atoms with E-state index in [4.69, 9.17) is 4.52 Å². The molecule has 122 valence electrons. The van der Waals surface area contributed by atoms with Crippen molar-refractivity contribution in [1.82, 2.24) is 25.0 Å². The molecule has 0 aliphatic carbocycles. The van der Waals surface area contributed by atoms with Crippen molar-refractivity contribution < 1.29 is 9.32 Å². The smallest absolute Gasteiger partial charge is 0.257 e. The lowest BCUT2D eigenvalue weighted by atomic mass is 9.96. The zero-order chi connectivity index (χ0) is 16.4. The predicted octanol–water partition coefficient (Wildman–Crippen LogP) is 2.31. The molecule has 0 N–H and O–H groups in total. The predicted molar refractivity (Wildman–Crippen MR) is 83.0 cm³/mol. The molecule has 23 heavy (non-hydrogen) atoms. The molecule has 1 amide bonds. The van der Waals surface area contributed by atoms with E-state index in [1.807, 2.05) is 18.7 Å². The summed E-state index contributed by atoms with van der Waals surface area (Å²) in [4.78, 5) is 27.3. The number of carbonyl (C=O) groups is 1. The van der Waals surface area contributed by atoms with Crippen molar-refractivity contribution in [1.29, 1.82) is 0 Å². The van der Waals surface area contributed by atoms with Crippen LogP contribution in [0.15, 0.2) is 17.0 Å². The summed E-state index contributed by atoms with van der Waals surface area (Å²) in [6.45, 7) is 7.18. The Labute approximate surface area is 135 Å². The Balaban J connectivity index is 1.80. The highest BCUT2D eigenvalue weighted by Gasteiger charge is 2.30. The third-order valence-electron chi connectivity index (χ3n) is 4.12. The van der Waals surface area contributed by atoms with Crippen LogP contribution in [0.2, 0.25) is 0 Å². The molecule has 1 fully saturated rings. The Hall–Kier alpha value is -2.31. The van der Waals surface area contributed by atoms with E-state index >= 15 is 0 Å². The van der Waals surface area contributed by atoms with Gasteiger partial charge in [0.2, 0.25) is 5.89 Å². The van der Waals surface area contributed by atoms with Gasteiger partial charge in [-0.2, -0.15) is 4.98 Å². The van der Waals surface area contributed by atoms with Crippen LogP contribution < -0.4 is 0 Å². The monoisotopic (exact) mass is 315 g/mol. The number of hydrogen-bond donors (Lipinski definition) is 0. The molecular formula is C16H21N5O2. The molecule has 7 nitrogen and oxygen atoms in total. The summed E-state index contributed by atoms with van der Waals surface area (Å²) in [5, 5.41) is 3.85. The molecule has 3 heterocycles. The van der Waals surface area contributed by atoms with E-state index in [1.165, 1.54) is 6.33 Å². The lowest BCUT2D eigenvalue weighted by Crippen LogP contribution is -2.39. The van der Waals surface area contributed by atoms with Crippen LogP contribution in [0.25, 0.3) is 0 Å². The number of amides is 1. The van der Waals surface area contributed by atoms with Gasteiger partial charge in [0, 0.05) is 19.3 Å². The largest absolute Gasteiger partial charge is 0.339 e. The summed E-state index contributed by atoms with van der Waals surface area (Å²) >= 11 is 0. The van der Waals surface area contributed by atoms with Crippen LogP contribution in [0, 0.1) is 6.92 Å². The number of carbonyl (C=O) groups excluding carboxylic acids is 1. The molecule has 0 aromatic carbocycles. The minimum atomic E-state index is -0.0183. The first-order valence-electron chi connectivity index (χ1n) is 7.95. The molecular weight excluding hydrogens is 294 g/mol. The highest BCUT2D eigenvalue weighted by Crippen LogP contribution is 2.27. The van der Waals surface area contributed by atoms with Crippen molar-refractivity contribution in [2.75, 3.05) is 13.1 Å². The Morgan fingerprint density at radius 2 is 2.26 bits per heavy atom. The van der Waals surface area contributed by atoms with Crippen LogP contribution in [-0.2, 0) is 0 Å². The summed E-state index contributed by atoms with van der Waals surface area (Å²) in [6, 6.07) is 0. The van der Waals surface area contributed by atoms with Gasteiger partial charge in [-0.25, -0.2) is 9.97 Å². The fourth-order valence-corrected chi connectivity index (χ4v) is 2.98. The summed E-state index contributed by atoms with van der Waals surface area (Å²) in [7, 11) is 0. The molecule has 1 saturated heterocycles. The van der Waals surface area contributed by atoms with Crippen molar-refractivity contribution in [2.24, 2.45) is 0 Å². The average molecular weight is 315 g/mol. The summed E-state index contributed by atoms with van der Waals surface area (Å²) in [5.74, 6) is 1.50. The van der Waals surface area contributed by atoms with Gasteiger partial charge in [-0.1, -0.05) is 19.0 Å². The van der Waals surface area contributed by atoms with Crippen LogP contribution >= 0.6 is 0 Å². The van der Waals surface area contributed by atoms with Crippen molar-refractivity contribution in [3.8, 4) is 0 Å². The van der Waals surface area contributed by atoms with E-state index in [1.54, 1.807) is 13.1 Å². The fraction of sp³-hybridized carbons (Fsp3) is 0.562. The van der Waals surface area contributed by atoms with Gasteiger partial charge in [-0.3, -0.25) is 4.79 Å². The third-order valence-corrected chi connectivity index (χ3v) is 4.12. The Morgan fingerprint density at radius 3 is 2.96 bits per heavy atom. The highest BCUT2D eigenvalue weighted by atomic mass is 16.5. The number of aromatic nitrogens is 4. The summed E-state index contributed by atoms with van der Waals surface area (Å²) in [6.07, 6.45) is 4.98. The number of nitrogens with zero attached hydrogens (tertiary/aromatic N) is 5. The Bertz CT molecular complexity index is 697. The zero-order valence-electron chi connectivity index (χ0n) is 13.7. The van der Waals surface area contributed by atoms with Gasteiger partial charge in [0.05, 0.1) is 17.2 Å². The van der Waals surface area contributed by atoms with E-state index in [-0.39, 0.29) is 17.7 Å². The molecule has 0 radical (unpaired) electrons. The molecule has 1 atom stereocenters. The van der Waals surface area contributed by atoms with E-state index < -0.39 is 0 Å². The van der Waals surface area contributed by atoms with Crippen LogP contribution in [-0.4, -0.2) is 44.0 Å². The van der Waals surface area contributed by atoms with Crippen molar-refractivity contribution in [2.45, 2.75) is 45.4 Å². The van der Waals surface area contributed by atoms with E-state index in [0.29, 0.717) is 23.8 Å². The molecule has 0 spiro atoms. The van der Waals surface area contributed by atoms with E-state index in [2.05, 4.69) is 20.1 Å². The lowest BCUT2D eigenvalue weighted by molar-refractivity contribution is 0.0693. The van der Waals surface area contributed by atoms with E-state index in [9.17, 15) is 4.79 Å². The molecule has 7 heteroatoms. The van der Waals surface area contributed by atoms with Gasteiger partial charge in [-0.05, 0) is 25.7 Å². The van der Waals surface area contributed by atoms with Gasteiger partial charge in [0.25, 0.3) is 5.91 Å². The number of aryl methyl sites for hydroxylation is 1. The number of likely N-dealkylation sites (tertiary alicyclic amines) is 1. The Morgan fingerprint density at radius 1 is 1.43 bits per heavy atom. The van der Waals surface area contributed by atoms with Crippen LogP contribution in [0.4, 0.5) is 0 Å². The molecule has 3 rings (SSSR count). The average Bonchev–Trinajstić information content (AvgIpc) is 3.01. The SMILES string of the molecule is Cc1noc(C2CCCN(C(=O)c3cncnc3C(C)C)C2)n1. The zero-order valence-corrected chi connectivity index (χ0v) is 13.7. The molecule has 1 aliphatic rings. The first-order valence-corrected chi connectivity index (χ1v) is 7.95. The second-order valence-corrected chi connectivity index (χ2v) is 6.25. The second kappa shape index (κ2) is 6.44. The minimum Gasteiger partial charge on any atom is -0.339 e. The maximum absolute atomic E-state index is 12.9. The number of rotatable bonds is 3. The van der Waals surface area contributed by atoms with Gasteiger partial charge in [0.15, 0.2) is 5.82 Å². The molecule has 1 aliphatic heterocycles. The highest BCUT2D eigenvalue weighted by molar-refractivity contribution is 5.95. The second-order valence-electron chi connectivity index (χ2n) is 6.25. The van der Waals surface area contributed by atoms with Gasteiger partial charge >= 0.3 is 0 Å².